The van der Waals surface area contributed by atoms with Gasteiger partial charge in [-0.1, -0.05) is 13.3 Å². The first-order valence-corrected chi connectivity index (χ1v) is 6.43. The summed E-state index contributed by atoms with van der Waals surface area (Å²) in [7, 11) is 1.81. The second-order valence-corrected chi connectivity index (χ2v) is 4.77. The fourth-order valence-corrected chi connectivity index (χ4v) is 2.30. The maximum Gasteiger partial charge on any atom is 0.0494 e. The monoisotopic (exact) mass is 214 g/mol. The normalized spacial score (nSPS) is 26.8. The van der Waals surface area contributed by atoms with Crippen molar-refractivity contribution in [1.29, 1.82) is 0 Å². The molecule has 0 N–H and O–H groups in total. The Morgan fingerprint density at radius 3 is 2.13 bits per heavy atom. The predicted octanol–water partition coefficient (Wildman–Crippen LogP) is 3.26. The van der Waals surface area contributed by atoms with Crippen LogP contribution in [0.15, 0.2) is 0 Å². The second-order valence-electron chi connectivity index (χ2n) is 4.77. The lowest BCUT2D eigenvalue weighted by Gasteiger charge is -2.27. The van der Waals surface area contributed by atoms with Crippen LogP contribution in [0, 0.1) is 11.8 Å². The molecule has 1 aliphatic rings. The van der Waals surface area contributed by atoms with Crippen LogP contribution in [0.1, 0.15) is 45.4 Å². The van der Waals surface area contributed by atoms with Crippen molar-refractivity contribution in [2.24, 2.45) is 11.8 Å². The van der Waals surface area contributed by atoms with Crippen LogP contribution < -0.4 is 0 Å². The minimum Gasteiger partial charge on any atom is -0.384 e. The quantitative estimate of drug-likeness (QED) is 0.606. The Balaban J connectivity index is 1.99. The number of rotatable bonds is 7. The molecule has 0 saturated heterocycles. The van der Waals surface area contributed by atoms with Gasteiger partial charge in [0.1, 0.15) is 0 Å². The molecule has 0 radical (unpaired) electrons. The van der Waals surface area contributed by atoms with Gasteiger partial charge in [-0.3, -0.25) is 0 Å². The molecule has 15 heavy (non-hydrogen) atoms. The van der Waals surface area contributed by atoms with E-state index in [0.29, 0.717) is 0 Å². The maximum atomic E-state index is 5.68. The minimum atomic E-state index is 0.807. The van der Waals surface area contributed by atoms with Gasteiger partial charge < -0.3 is 9.47 Å². The molecule has 90 valence electrons. The van der Waals surface area contributed by atoms with E-state index in [-0.39, 0.29) is 0 Å². The molecule has 1 aliphatic carbocycles. The molecule has 2 nitrogen and oxygen atoms in total. The number of unbranched alkanes of at least 4 members (excludes halogenated alkanes) is 1. The van der Waals surface area contributed by atoms with E-state index in [9.17, 15) is 0 Å². The van der Waals surface area contributed by atoms with Crippen LogP contribution in [0.25, 0.3) is 0 Å². The van der Waals surface area contributed by atoms with E-state index >= 15 is 0 Å². The van der Waals surface area contributed by atoms with E-state index in [4.69, 9.17) is 9.47 Å². The highest BCUT2D eigenvalue weighted by atomic mass is 16.5. The van der Waals surface area contributed by atoms with Crippen LogP contribution >= 0.6 is 0 Å². The summed E-state index contributed by atoms with van der Waals surface area (Å²) in [5.74, 6) is 1.62. The molecule has 0 bridgehead atoms. The molecule has 1 saturated carbocycles. The third-order valence-corrected chi connectivity index (χ3v) is 3.36. The van der Waals surface area contributed by atoms with Gasteiger partial charge >= 0.3 is 0 Å². The van der Waals surface area contributed by atoms with Crippen molar-refractivity contribution in [2.45, 2.75) is 45.4 Å². The van der Waals surface area contributed by atoms with Crippen LogP contribution in [0.2, 0.25) is 0 Å². The van der Waals surface area contributed by atoms with Gasteiger partial charge in [-0.2, -0.15) is 0 Å². The lowest BCUT2D eigenvalue weighted by atomic mass is 9.83. The smallest absolute Gasteiger partial charge is 0.0494 e. The van der Waals surface area contributed by atoms with Gasteiger partial charge in [0.2, 0.25) is 0 Å². The number of ether oxygens (including phenoxy) is 2. The number of hydrogen-bond donors (Lipinski definition) is 0. The van der Waals surface area contributed by atoms with Gasteiger partial charge in [0.05, 0.1) is 0 Å². The third-order valence-electron chi connectivity index (χ3n) is 3.36. The minimum absolute atomic E-state index is 0.807. The average molecular weight is 214 g/mol. The van der Waals surface area contributed by atoms with Crippen LogP contribution in [-0.4, -0.2) is 26.9 Å². The molecule has 0 heterocycles. The summed E-state index contributed by atoms with van der Waals surface area (Å²) in [6.45, 7) is 5.09. The zero-order valence-electron chi connectivity index (χ0n) is 10.3. The molecule has 0 aromatic heterocycles. The van der Waals surface area contributed by atoms with Crippen LogP contribution in [0.3, 0.4) is 0 Å². The van der Waals surface area contributed by atoms with E-state index in [0.717, 1.165) is 31.7 Å². The molecule has 0 aromatic rings. The summed E-state index contributed by atoms with van der Waals surface area (Å²) >= 11 is 0. The zero-order chi connectivity index (χ0) is 10.9. The van der Waals surface area contributed by atoms with Gasteiger partial charge in [0.25, 0.3) is 0 Å². The summed E-state index contributed by atoms with van der Waals surface area (Å²) in [5, 5.41) is 0. The highest BCUT2D eigenvalue weighted by Gasteiger charge is 2.20. The van der Waals surface area contributed by atoms with Crippen molar-refractivity contribution in [3.63, 3.8) is 0 Å². The second kappa shape index (κ2) is 8.12. The summed E-state index contributed by atoms with van der Waals surface area (Å²) in [6.07, 6.45) is 7.77. The standard InChI is InChI=1S/C13H26O2/c1-3-4-9-15-11-13-7-5-12(6-8-13)10-14-2/h12-13H,3-11H2,1-2H3. The number of hydrogen-bond acceptors (Lipinski definition) is 2. The largest absolute Gasteiger partial charge is 0.384 e. The highest BCUT2D eigenvalue weighted by molar-refractivity contribution is 4.72. The Labute approximate surface area is 94.3 Å². The van der Waals surface area contributed by atoms with Crippen LogP contribution in [0.5, 0.6) is 0 Å². The Hall–Kier alpha value is -0.0800. The van der Waals surface area contributed by atoms with Gasteiger partial charge in [-0.15, -0.1) is 0 Å². The van der Waals surface area contributed by atoms with E-state index in [2.05, 4.69) is 6.92 Å². The fraction of sp³-hybridized carbons (Fsp3) is 1.00. The predicted molar refractivity (Wildman–Crippen MR) is 63.1 cm³/mol. The molecule has 0 aliphatic heterocycles. The van der Waals surface area contributed by atoms with E-state index in [1.54, 1.807) is 7.11 Å². The molecule has 0 unspecified atom stereocenters. The Morgan fingerprint density at radius 2 is 1.60 bits per heavy atom. The van der Waals surface area contributed by atoms with Gasteiger partial charge in [0, 0.05) is 26.9 Å². The molecule has 0 atom stereocenters. The van der Waals surface area contributed by atoms with Crippen molar-refractivity contribution in [2.75, 3.05) is 26.9 Å². The van der Waals surface area contributed by atoms with Crippen molar-refractivity contribution in [3.8, 4) is 0 Å². The highest BCUT2D eigenvalue weighted by Crippen LogP contribution is 2.28. The lowest BCUT2D eigenvalue weighted by molar-refractivity contribution is 0.0614. The SMILES string of the molecule is CCCCOCC1CCC(COC)CC1. The molecule has 0 aromatic carbocycles. The van der Waals surface area contributed by atoms with Gasteiger partial charge in [-0.25, -0.2) is 0 Å². The first kappa shape index (κ1) is 13.0. The van der Waals surface area contributed by atoms with E-state index in [1.807, 2.05) is 0 Å². The molecule has 1 fully saturated rings. The van der Waals surface area contributed by atoms with Gasteiger partial charge in [0.15, 0.2) is 0 Å². The van der Waals surface area contributed by atoms with Crippen molar-refractivity contribution in [1.82, 2.24) is 0 Å². The van der Waals surface area contributed by atoms with Crippen LogP contribution in [-0.2, 0) is 9.47 Å². The Morgan fingerprint density at radius 1 is 1.00 bits per heavy atom. The van der Waals surface area contributed by atoms with E-state index in [1.165, 1.54) is 38.5 Å². The topological polar surface area (TPSA) is 18.5 Å². The van der Waals surface area contributed by atoms with Crippen molar-refractivity contribution in [3.05, 3.63) is 0 Å². The van der Waals surface area contributed by atoms with Crippen molar-refractivity contribution >= 4 is 0 Å². The molecule has 1 rings (SSSR count). The summed E-state index contributed by atoms with van der Waals surface area (Å²) in [5.41, 5.74) is 0. The zero-order valence-corrected chi connectivity index (χ0v) is 10.3. The first-order valence-electron chi connectivity index (χ1n) is 6.43. The summed E-state index contributed by atoms with van der Waals surface area (Å²) < 4.78 is 10.9. The molecular formula is C13H26O2. The average Bonchev–Trinajstić information content (AvgIpc) is 2.27. The van der Waals surface area contributed by atoms with Crippen molar-refractivity contribution < 1.29 is 9.47 Å². The first-order chi connectivity index (χ1) is 7.36. The van der Waals surface area contributed by atoms with Gasteiger partial charge in [-0.05, 0) is 43.9 Å². The summed E-state index contributed by atoms with van der Waals surface area (Å²) in [6, 6.07) is 0. The molecule has 0 amide bonds. The molecule has 2 heteroatoms. The number of methoxy groups -OCH3 is 1. The lowest BCUT2D eigenvalue weighted by Crippen LogP contribution is -2.21. The third kappa shape index (κ3) is 5.53. The Kier molecular flexibility index (Phi) is 7.03. The van der Waals surface area contributed by atoms with Crippen LogP contribution in [0.4, 0.5) is 0 Å². The summed E-state index contributed by atoms with van der Waals surface area (Å²) in [4.78, 5) is 0. The molecular weight excluding hydrogens is 188 g/mol. The van der Waals surface area contributed by atoms with E-state index < -0.39 is 0 Å². The maximum absolute atomic E-state index is 5.68. The fourth-order valence-electron chi connectivity index (χ4n) is 2.30. The Bertz CT molecular complexity index is 137. The molecule has 0 spiro atoms.